The van der Waals surface area contributed by atoms with Crippen molar-refractivity contribution in [3.63, 3.8) is 0 Å². The van der Waals surface area contributed by atoms with Crippen molar-refractivity contribution in [3.8, 4) is 11.5 Å². The van der Waals surface area contributed by atoms with E-state index in [1.54, 1.807) is 14.2 Å². The van der Waals surface area contributed by atoms with Crippen LogP contribution in [0.1, 0.15) is 35.4 Å². The lowest BCUT2D eigenvalue weighted by atomic mass is 9.70. The first kappa shape index (κ1) is 21.0. The molecule has 5 rings (SSSR count). The highest BCUT2D eigenvalue weighted by Gasteiger charge is 2.46. The molecule has 2 aromatic heterocycles. The van der Waals surface area contributed by atoms with Gasteiger partial charge in [-0.3, -0.25) is 9.97 Å². The zero-order valence-electron chi connectivity index (χ0n) is 18.9. The first-order valence-electron chi connectivity index (χ1n) is 11.1. The van der Waals surface area contributed by atoms with Crippen molar-refractivity contribution in [3.05, 3.63) is 120 Å². The minimum Gasteiger partial charge on any atom is -0.497 e. The van der Waals surface area contributed by atoms with E-state index in [4.69, 9.17) is 19.4 Å². The Morgan fingerprint density at radius 1 is 0.697 bits per heavy atom. The molecule has 4 aromatic rings. The van der Waals surface area contributed by atoms with E-state index in [1.165, 1.54) is 22.3 Å². The second kappa shape index (κ2) is 8.91. The molecule has 0 bridgehead atoms. The Balaban J connectivity index is 1.80. The van der Waals surface area contributed by atoms with Crippen LogP contribution in [0.5, 0.6) is 11.5 Å². The highest BCUT2D eigenvalue weighted by molar-refractivity contribution is 5.99. The number of methoxy groups -OCH3 is 2. The summed E-state index contributed by atoms with van der Waals surface area (Å²) in [4.78, 5) is 9.69. The molecule has 4 nitrogen and oxygen atoms in total. The average Bonchev–Trinajstić information content (AvgIpc) is 3.31. The van der Waals surface area contributed by atoms with Gasteiger partial charge in [0.25, 0.3) is 0 Å². The van der Waals surface area contributed by atoms with Crippen LogP contribution in [0, 0.1) is 0 Å². The lowest BCUT2D eigenvalue weighted by Crippen LogP contribution is -2.28. The van der Waals surface area contributed by atoms with Crippen molar-refractivity contribution in [1.29, 1.82) is 0 Å². The maximum absolute atomic E-state index is 5.44. The van der Waals surface area contributed by atoms with Gasteiger partial charge in [0.1, 0.15) is 11.5 Å². The van der Waals surface area contributed by atoms with Crippen LogP contribution in [0.2, 0.25) is 0 Å². The number of allylic oxidation sites excluding steroid dienone is 2. The van der Waals surface area contributed by atoms with Crippen LogP contribution in [0.15, 0.2) is 97.3 Å². The number of benzene rings is 2. The van der Waals surface area contributed by atoms with Gasteiger partial charge >= 0.3 is 0 Å². The first-order chi connectivity index (χ1) is 16.3. The quantitative estimate of drug-likeness (QED) is 0.363. The lowest BCUT2D eigenvalue weighted by molar-refractivity contribution is 0.414. The fraction of sp³-hybridized carbons (Fsp3) is 0.172. The normalized spacial score (nSPS) is 17.8. The molecule has 2 heterocycles. The van der Waals surface area contributed by atoms with E-state index in [2.05, 4.69) is 48.5 Å². The van der Waals surface area contributed by atoms with E-state index in [-0.39, 0.29) is 0 Å². The predicted octanol–water partition coefficient (Wildman–Crippen LogP) is 6.18. The Kier molecular flexibility index (Phi) is 5.66. The minimum absolute atomic E-state index is 0.419. The van der Waals surface area contributed by atoms with Crippen molar-refractivity contribution >= 4 is 11.1 Å². The zero-order chi connectivity index (χ0) is 22.7. The molecule has 1 aliphatic carbocycles. The Bertz CT molecular complexity index is 1250. The topological polar surface area (TPSA) is 44.2 Å². The maximum atomic E-state index is 5.44. The smallest absolute Gasteiger partial charge is 0.118 e. The second-order valence-electron chi connectivity index (χ2n) is 8.15. The Labute approximate surface area is 194 Å². The zero-order valence-corrected chi connectivity index (χ0v) is 18.9. The van der Waals surface area contributed by atoms with Gasteiger partial charge in [-0.15, -0.1) is 0 Å². The van der Waals surface area contributed by atoms with Crippen LogP contribution < -0.4 is 9.47 Å². The van der Waals surface area contributed by atoms with Gasteiger partial charge < -0.3 is 9.47 Å². The Morgan fingerprint density at radius 2 is 1.33 bits per heavy atom. The van der Waals surface area contributed by atoms with Crippen LogP contribution in [-0.2, 0) is 5.41 Å². The predicted molar refractivity (Wildman–Crippen MR) is 131 cm³/mol. The summed E-state index contributed by atoms with van der Waals surface area (Å²) in [5.41, 5.74) is 6.45. The van der Waals surface area contributed by atoms with Crippen molar-refractivity contribution in [2.45, 2.75) is 18.3 Å². The average molecular weight is 435 g/mol. The van der Waals surface area contributed by atoms with Crippen LogP contribution in [-0.4, -0.2) is 24.2 Å². The molecule has 0 fully saturated rings. The van der Waals surface area contributed by atoms with Crippen molar-refractivity contribution < 1.29 is 9.47 Å². The largest absolute Gasteiger partial charge is 0.497 e. The van der Waals surface area contributed by atoms with E-state index in [0.717, 1.165) is 35.7 Å². The van der Waals surface area contributed by atoms with Gasteiger partial charge in [0.05, 0.1) is 31.0 Å². The molecule has 0 aliphatic heterocycles. The summed E-state index contributed by atoms with van der Waals surface area (Å²) in [6, 6.07) is 29.0. The molecule has 2 aromatic carbocycles. The summed E-state index contributed by atoms with van der Waals surface area (Å²) in [6.45, 7) is 0. The summed E-state index contributed by atoms with van der Waals surface area (Å²) < 4.78 is 10.8. The highest BCUT2D eigenvalue weighted by atomic mass is 16.5. The van der Waals surface area contributed by atoms with E-state index < -0.39 is 5.41 Å². The van der Waals surface area contributed by atoms with E-state index in [9.17, 15) is 0 Å². The van der Waals surface area contributed by atoms with Crippen LogP contribution in [0.4, 0.5) is 0 Å². The molecule has 33 heavy (non-hydrogen) atoms. The Morgan fingerprint density at radius 3 is 1.91 bits per heavy atom. The molecule has 1 unspecified atom stereocenters. The fourth-order valence-electron chi connectivity index (χ4n) is 4.97. The monoisotopic (exact) mass is 434 g/mol. The number of pyridine rings is 2. The van der Waals surface area contributed by atoms with E-state index in [1.807, 2.05) is 48.8 Å². The molecule has 0 amide bonds. The van der Waals surface area contributed by atoms with Crippen LogP contribution >= 0.6 is 0 Å². The summed E-state index contributed by atoms with van der Waals surface area (Å²) in [5, 5.41) is 0. The molecular formula is C29H26N2O2. The molecule has 1 aliphatic rings. The molecule has 1 atom stereocenters. The molecule has 0 saturated heterocycles. The van der Waals surface area contributed by atoms with E-state index >= 15 is 0 Å². The van der Waals surface area contributed by atoms with Crippen molar-refractivity contribution in [1.82, 2.24) is 9.97 Å². The summed E-state index contributed by atoms with van der Waals surface area (Å²) >= 11 is 0. The third kappa shape index (κ3) is 3.68. The van der Waals surface area contributed by atoms with Crippen molar-refractivity contribution in [2.24, 2.45) is 0 Å². The van der Waals surface area contributed by atoms with Gasteiger partial charge in [0.2, 0.25) is 0 Å². The molecular weight excluding hydrogens is 408 g/mol. The molecule has 4 heteroatoms. The molecule has 0 spiro atoms. The summed E-state index contributed by atoms with van der Waals surface area (Å²) in [7, 11) is 3.39. The summed E-state index contributed by atoms with van der Waals surface area (Å²) in [6.07, 6.45) is 5.57. The van der Waals surface area contributed by atoms with Gasteiger partial charge in [0.15, 0.2) is 0 Å². The third-order valence-corrected chi connectivity index (χ3v) is 6.52. The number of nitrogens with zero attached hydrogens (tertiary/aromatic N) is 2. The van der Waals surface area contributed by atoms with Gasteiger partial charge in [-0.1, -0.05) is 36.4 Å². The van der Waals surface area contributed by atoms with Crippen LogP contribution in [0.3, 0.4) is 0 Å². The number of rotatable bonds is 6. The lowest BCUT2D eigenvalue weighted by Gasteiger charge is -2.33. The van der Waals surface area contributed by atoms with Crippen LogP contribution in [0.25, 0.3) is 11.1 Å². The van der Waals surface area contributed by atoms with E-state index in [0.29, 0.717) is 0 Å². The number of ether oxygens (including phenoxy) is 2. The highest BCUT2D eigenvalue weighted by Crippen LogP contribution is 2.56. The van der Waals surface area contributed by atoms with Gasteiger partial charge in [-0.05, 0) is 83.6 Å². The number of hydrogen-bond donors (Lipinski definition) is 0. The first-order valence-corrected chi connectivity index (χ1v) is 11.1. The third-order valence-electron chi connectivity index (χ3n) is 6.52. The van der Waals surface area contributed by atoms with Gasteiger partial charge in [-0.2, -0.15) is 0 Å². The fourth-order valence-corrected chi connectivity index (χ4v) is 4.97. The summed E-state index contributed by atoms with van der Waals surface area (Å²) in [5.74, 6) is 1.69. The Hall–Kier alpha value is -3.92. The number of aromatic nitrogens is 2. The van der Waals surface area contributed by atoms with Gasteiger partial charge in [0, 0.05) is 12.4 Å². The maximum Gasteiger partial charge on any atom is 0.118 e. The molecule has 164 valence electrons. The standard InChI is InChI=1S/C29H26N2O2/c1-32-23-13-9-21(10-14-23)25-17-18-29(27-8-4-6-20-31-27,22-11-15-24(33-2)16-12-22)28(25)26-7-3-5-19-30-26/h3-16,19-20H,17-18H2,1-2H3. The molecule has 0 saturated carbocycles. The SMILES string of the molecule is COc1ccc(C2=C(c3ccccn3)C(c3ccc(OC)cc3)(c3ccccn3)CC2)cc1. The van der Waals surface area contributed by atoms with Gasteiger partial charge in [-0.25, -0.2) is 0 Å². The number of hydrogen-bond acceptors (Lipinski definition) is 4. The van der Waals surface area contributed by atoms with Crippen molar-refractivity contribution in [2.75, 3.05) is 14.2 Å². The molecule has 0 N–H and O–H groups in total. The second-order valence-corrected chi connectivity index (χ2v) is 8.15. The minimum atomic E-state index is -0.419. The molecule has 0 radical (unpaired) electrons.